The number of hydrogen-bond acceptors (Lipinski definition) is 6. The Morgan fingerprint density at radius 3 is 2.07 bits per heavy atom. The number of para-hydroxylation sites is 2. The van der Waals surface area contributed by atoms with Gasteiger partial charge >= 0.3 is 12.1 Å². The van der Waals surface area contributed by atoms with Crippen LogP contribution in [0, 0.1) is 0 Å². The number of unbranched alkanes of at least 4 members (excludes halogenated alkanes) is 1. The number of fused-ring (bicyclic) bond motifs is 2. The highest BCUT2D eigenvalue weighted by Crippen LogP contribution is 2.50. The van der Waals surface area contributed by atoms with Crippen molar-refractivity contribution in [1.82, 2.24) is 10.2 Å². The Bertz CT molecular complexity index is 1370. The van der Waals surface area contributed by atoms with Crippen molar-refractivity contribution in [1.29, 1.82) is 0 Å². The second-order valence-corrected chi connectivity index (χ2v) is 10.9. The van der Waals surface area contributed by atoms with Gasteiger partial charge in [-0.05, 0) is 62.7 Å². The molecule has 1 saturated heterocycles. The second kappa shape index (κ2) is 13.1. The molecule has 1 amide bonds. The fourth-order valence-electron chi connectivity index (χ4n) is 6.02. The van der Waals surface area contributed by atoms with Gasteiger partial charge in [0, 0.05) is 43.0 Å². The SMILES string of the molecule is CCOC(=O)c1ccc(N2CCN(CCCCC3(C(=O)NCC(F)(F)F)c4ccccc4Oc4ccccc43)CC2)cc1. The molecule has 0 saturated carbocycles. The summed E-state index contributed by atoms with van der Waals surface area (Å²) in [5.41, 5.74) is 1.44. The third kappa shape index (κ3) is 6.80. The summed E-state index contributed by atoms with van der Waals surface area (Å²) >= 11 is 0. The van der Waals surface area contributed by atoms with Crippen LogP contribution >= 0.6 is 0 Å². The molecule has 3 aromatic carbocycles. The van der Waals surface area contributed by atoms with E-state index in [-0.39, 0.29) is 5.97 Å². The predicted molar refractivity (Wildman–Crippen MR) is 158 cm³/mol. The standard InChI is InChI=1S/C33H36F3N3O4/c1-2-42-30(40)24-13-15-25(16-14-24)39-21-19-38(20-22-39)18-8-7-17-32(31(41)37-23-33(34,35)36)26-9-3-5-11-28(26)43-29-12-6-4-10-27(29)32/h3-6,9-16H,2,7-8,17-23H2,1H3,(H,37,41). The number of rotatable bonds is 10. The summed E-state index contributed by atoms with van der Waals surface area (Å²) in [6.45, 7) is 4.92. The zero-order chi connectivity index (χ0) is 30.5. The number of piperazine rings is 1. The van der Waals surface area contributed by atoms with E-state index < -0.39 is 24.0 Å². The van der Waals surface area contributed by atoms with Gasteiger partial charge in [-0.15, -0.1) is 0 Å². The van der Waals surface area contributed by atoms with Gasteiger partial charge in [-0.25, -0.2) is 4.79 Å². The van der Waals surface area contributed by atoms with E-state index in [2.05, 4.69) is 15.1 Å². The minimum absolute atomic E-state index is 0.328. The van der Waals surface area contributed by atoms with Gasteiger partial charge < -0.3 is 19.7 Å². The first-order valence-corrected chi connectivity index (χ1v) is 14.7. The first-order valence-electron chi connectivity index (χ1n) is 14.7. The molecule has 10 heteroatoms. The number of alkyl halides is 3. The number of nitrogens with one attached hydrogen (secondary N) is 1. The van der Waals surface area contributed by atoms with Crippen LogP contribution in [0.2, 0.25) is 0 Å². The molecular formula is C33H36F3N3O4. The molecule has 0 atom stereocenters. The molecule has 0 radical (unpaired) electrons. The topological polar surface area (TPSA) is 71.1 Å². The zero-order valence-electron chi connectivity index (χ0n) is 24.2. The van der Waals surface area contributed by atoms with Crippen LogP contribution < -0.4 is 15.0 Å². The van der Waals surface area contributed by atoms with Crippen LogP contribution in [0.3, 0.4) is 0 Å². The maximum atomic E-state index is 13.7. The van der Waals surface area contributed by atoms with Gasteiger partial charge in [0.15, 0.2) is 0 Å². The van der Waals surface area contributed by atoms with Crippen molar-refractivity contribution in [2.45, 2.75) is 37.8 Å². The van der Waals surface area contributed by atoms with Crippen LogP contribution in [0.4, 0.5) is 18.9 Å². The van der Waals surface area contributed by atoms with E-state index in [1.54, 1.807) is 67.6 Å². The molecule has 0 aromatic heterocycles. The molecule has 0 spiro atoms. The number of halogens is 3. The largest absolute Gasteiger partial charge is 0.462 e. The molecule has 5 rings (SSSR count). The summed E-state index contributed by atoms with van der Waals surface area (Å²) < 4.78 is 50.6. The lowest BCUT2D eigenvalue weighted by Gasteiger charge is -2.39. The van der Waals surface area contributed by atoms with Crippen molar-refractivity contribution in [3.05, 3.63) is 89.5 Å². The van der Waals surface area contributed by atoms with Crippen molar-refractivity contribution in [3.63, 3.8) is 0 Å². The van der Waals surface area contributed by atoms with E-state index in [0.29, 0.717) is 47.6 Å². The van der Waals surface area contributed by atoms with Gasteiger partial charge in [0.1, 0.15) is 23.5 Å². The lowest BCUT2D eigenvalue weighted by atomic mass is 9.68. The Kier molecular flexibility index (Phi) is 9.25. The fraction of sp³-hybridized carbons (Fsp3) is 0.394. The van der Waals surface area contributed by atoms with Crippen LogP contribution in [0.1, 0.15) is 47.7 Å². The summed E-state index contributed by atoms with van der Waals surface area (Å²) in [5.74, 6) is -0.0358. The first-order chi connectivity index (χ1) is 20.7. The molecule has 7 nitrogen and oxygen atoms in total. The van der Waals surface area contributed by atoms with Crippen LogP contribution in [0.15, 0.2) is 72.8 Å². The minimum atomic E-state index is -4.52. The number of amides is 1. The van der Waals surface area contributed by atoms with E-state index >= 15 is 0 Å². The smallest absolute Gasteiger partial charge is 0.405 e. The summed E-state index contributed by atoms with van der Waals surface area (Å²) in [7, 11) is 0. The van der Waals surface area contributed by atoms with Gasteiger partial charge in [0.2, 0.25) is 5.91 Å². The average molecular weight is 596 g/mol. The molecule has 2 aliphatic heterocycles. The van der Waals surface area contributed by atoms with Crippen LogP contribution in [-0.4, -0.2) is 68.8 Å². The molecule has 1 N–H and O–H groups in total. The highest BCUT2D eigenvalue weighted by Gasteiger charge is 2.48. The lowest BCUT2D eigenvalue weighted by Crippen LogP contribution is -2.49. The van der Waals surface area contributed by atoms with Gasteiger partial charge in [-0.2, -0.15) is 13.2 Å². The molecule has 2 aliphatic rings. The van der Waals surface area contributed by atoms with E-state index in [1.807, 2.05) is 12.1 Å². The van der Waals surface area contributed by atoms with Gasteiger partial charge in [-0.3, -0.25) is 9.69 Å². The number of nitrogens with zero attached hydrogens (tertiary/aromatic N) is 2. The lowest BCUT2D eigenvalue weighted by molar-refractivity contribution is -0.141. The molecule has 3 aromatic rings. The summed E-state index contributed by atoms with van der Waals surface area (Å²) in [6.07, 6.45) is -2.75. The zero-order valence-corrected chi connectivity index (χ0v) is 24.2. The fourth-order valence-corrected chi connectivity index (χ4v) is 6.02. The van der Waals surface area contributed by atoms with Gasteiger partial charge in [-0.1, -0.05) is 42.8 Å². The number of carbonyl (C=O) groups excluding carboxylic acids is 2. The number of anilines is 1. The van der Waals surface area contributed by atoms with Gasteiger partial charge in [0.25, 0.3) is 0 Å². The molecule has 1 fully saturated rings. The van der Waals surface area contributed by atoms with E-state index in [1.165, 1.54) is 0 Å². The summed E-state index contributed by atoms with van der Waals surface area (Å²) in [5, 5.41) is 2.18. The third-order valence-electron chi connectivity index (χ3n) is 8.14. The van der Waals surface area contributed by atoms with Crippen LogP contribution in [-0.2, 0) is 14.9 Å². The maximum Gasteiger partial charge on any atom is 0.405 e. The van der Waals surface area contributed by atoms with E-state index in [4.69, 9.17) is 9.47 Å². The molecule has 0 bridgehead atoms. The van der Waals surface area contributed by atoms with Crippen molar-refractivity contribution in [2.24, 2.45) is 0 Å². The maximum absolute atomic E-state index is 13.7. The van der Waals surface area contributed by atoms with Crippen molar-refractivity contribution in [3.8, 4) is 11.5 Å². The van der Waals surface area contributed by atoms with Crippen LogP contribution in [0.25, 0.3) is 0 Å². The quantitative estimate of drug-likeness (QED) is 0.232. The second-order valence-electron chi connectivity index (χ2n) is 10.9. The van der Waals surface area contributed by atoms with Crippen molar-refractivity contribution in [2.75, 3.05) is 50.8 Å². The van der Waals surface area contributed by atoms with Crippen LogP contribution in [0.5, 0.6) is 11.5 Å². The molecule has 43 heavy (non-hydrogen) atoms. The molecule has 0 aliphatic carbocycles. The average Bonchev–Trinajstić information content (AvgIpc) is 3.01. The third-order valence-corrected chi connectivity index (χ3v) is 8.14. The highest BCUT2D eigenvalue weighted by atomic mass is 19.4. The number of hydrogen-bond donors (Lipinski definition) is 1. The monoisotopic (exact) mass is 595 g/mol. The summed E-state index contributed by atoms with van der Waals surface area (Å²) in [6, 6.07) is 21.6. The highest BCUT2D eigenvalue weighted by molar-refractivity contribution is 5.94. The molecule has 2 heterocycles. The first kappa shape index (κ1) is 30.4. The molecular weight excluding hydrogens is 559 g/mol. The van der Waals surface area contributed by atoms with Crippen molar-refractivity contribution >= 4 is 17.6 Å². The molecule has 0 unspecified atom stereocenters. The Morgan fingerprint density at radius 1 is 0.884 bits per heavy atom. The van der Waals surface area contributed by atoms with E-state index in [0.717, 1.165) is 44.8 Å². The number of ether oxygens (including phenoxy) is 2. The van der Waals surface area contributed by atoms with E-state index in [9.17, 15) is 22.8 Å². The minimum Gasteiger partial charge on any atom is -0.462 e. The Labute approximate surface area is 249 Å². The number of carbonyl (C=O) groups is 2. The Balaban J connectivity index is 1.23. The summed E-state index contributed by atoms with van der Waals surface area (Å²) in [4.78, 5) is 30.3. The Hall–Kier alpha value is -4.05. The molecule has 228 valence electrons. The number of benzene rings is 3. The normalized spacial score (nSPS) is 16.0. The number of esters is 1. The van der Waals surface area contributed by atoms with Gasteiger partial charge in [0.05, 0.1) is 12.2 Å². The van der Waals surface area contributed by atoms with Crippen molar-refractivity contribution < 1.29 is 32.2 Å². The predicted octanol–water partition coefficient (Wildman–Crippen LogP) is 5.93. The Morgan fingerprint density at radius 2 is 1.49 bits per heavy atom.